The van der Waals surface area contributed by atoms with Crippen molar-refractivity contribution in [3.63, 3.8) is 0 Å². The molecule has 1 saturated heterocycles. The van der Waals surface area contributed by atoms with Crippen LogP contribution in [0.1, 0.15) is 31.6 Å². The zero-order valence-corrected chi connectivity index (χ0v) is 9.83. The van der Waals surface area contributed by atoms with Gasteiger partial charge in [-0.25, -0.2) is 0 Å². The fourth-order valence-electron chi connectivity index (χ4n) is 1.93. The van der Waals surface area contributed by atoms with Gasteiger partial charge < -0.3 is 9.42 Å². The molecule has 2 heterocycles. The molecule has 1 aromatic rings. The van der Waals surface area contributed by atoms with E-state index in [2.05, 4.69) is 37.9 Å². The van der Waals surface area contributed by atoms with Gasteiger partial charge in [-0.2, -0.15) is 4.98 Å². The van der Waals surface area contributed by atoms with Crippen LogP contribution in [-0.4, -0.2) is 34.7 Å². The van der Waals surface area contributed by atoms with Crippen LogP contribution in [-0.2, 0) is 0 Å². The third-order valence-corrected chi connectivity index (χ3v) is 3.04. The van der Waals surface area contributed by atoms with Gasteiger partial charge in [-0.05, 0) is 47.0 Å². The fourth-order valence-corrected chi connectivity index (χ4v) is 2.17. The van der Waals surface area contributed by atoms with Gasteiger partial charge in [0.15, 0.2) is 0 Å². The Kier molecular flexibility index (Phi) is 3.18. The van der Waals surface area contributed by atoms with Gasteiger partial charge in [-0.1, -0.05) is 6.92 Å². The van der Waals surface area contributed by atoms with Crippen molar-refractivity contribution in [3.05, 3.63) is 10.6 Å². The van der Waals surface area contributed by atoms with E-state index >= 15 is 0 Å². The maximum Gasteiger partial charge on any atom is 0.238 e. The van der Waals surface area contributed by atoms with E-state index in [4.69, 9.17) is 4.52 Å². The molecule has 5 heteroatoms. The molecule has 1 aliphatic rings. The smallest absolute Gasteiger partial charge is 0.238 e. The van der Waals surface area contributed by atoms with Gasteiger partial charge in [0, 0.05) is 6.54 Å². The Balaban J connectivity index is 2.04. The predicted molar refractivity (Wildman–Crippen MR) is 56.1 cm³/mol. The van der Waals surface area contributed by atoms with E-state index in [1.165, 1.54) is 13.0 Å². The number of likely N-dealkylation sites (N-methyl/N-ethyl adjacent to an activating group) is 1. The summed E-state index contributed by atoms with van der Waals surface area (Å²) in [7, 11) is 0. The summed E-state index contributed by atoms with van der Waals surface area (Å²) in [5, 5.41) is 3.75. The lowest BCUT2D eigenvalue weighted by Crippen LogP contribution is -2.34. The molecule has 4 nitrogen and oxygen atoms in total. The third-order valence-electron chi connectivity index (χ3n) is 2.72. The Hall–Kier alpha value is -0.420. The van der Waals surface area contributed by atoms with Crippen molar-refractivity contribution in [2.24, 2.45) is 0 Å². The standard InChI is InChI=1S/C9H14BrN3O/c1-2-13-5-3-4-7(6-13)8-11-9(10)12-14-8/h7H,2-6H2,1H3. The van der Waals surface area contributed by atoms with Gasteiger partial charge in [0.2, 0.25) is 10.6 Å². The summed E-state index contributed by atoms with van der Waals surface area (Å²) in [4.78, 5) is 6.64. The molecule has 0 spiro atoms. The fraction of sp³-hybridized carbons (Fsp3) is 0.778. The first-order valence-electron chi connectivity index (χ1n) is 5.01. The van der Waals surface area contributed by atoms with Crippen LogP contribution in [0.4, 0.5) is 0 Å². The van der Waals surface area contributed by atoms with Crippen molar-refractivity contribution in [1.29, 1.82) is 0 Å². The van der Waals surface area contributed by atoms with Gasteiger partial charge >= 0.3 is 0 Å². The Labute approximate surface area is 91.8 Å². The second-order valence-electron chi connectivity index (χ2n) is 3.63. The summed E-state index contributed by atoms with van der Waals surface area (Å²) in [6.07, 6.45) is 2.38. The molecule has 0 N–H and O–H groups in total. The quantitative estimate of drug-likeness (QED) is 0.816. The van der Waals surface area contributed by atoms with Crippen LogP contribution in [0.5, 0.6) is 0 Å². The number of rotatable bonds is 2. The first kappa shape index (κ1) is 10.1. The van der Waals surface area contributed by atoms with Crippen LogP contribution in [0.2, 0.25) is 0 Å². The van der Waals surface area contributed by atoms with Gasteiger partial charge in [-0.3, -0.25) is 0 Å². The topological polar surface area (TPSA) is 42.2 Å². The molecular weight excluding hydrogens is 246 g/mol. The van der Waals surface area contributed by atoms with Crippen LogP contribution >= 0.6 is 15.9 Å². The second-order valence-corrected chi connectivity index (χ2v) is 4.34. The first-order chi connectivity index (χ1) is 6.79. The molecule has 1 aromatic heterocycles. The van der Waals surface area contributed by atoms with E-state index in [-0.39, 0.29) is 0 Å². The number of hydrogen-bond acceptors (Lipinski definition) is 4. The minimum absolute atomic E-state index is 0.419. The molecule has 1 aliphatic heterocycles. The van der Waals surface area contributed by atoms with Gasteiger partial charge in [0.1, 0.15) is 0 Å². The Morgan fingerprint density at radius 2 is 2.50 bits per heavy atom. The number of likely N-dealkylation sites (tertiary alicyclic amines) is 1. The minimum atomic E-state index is 0.419. The lowest BCUT2D eigenvalue weighted by atomic mass is 9.98. The Morgan fingerprint density at radius 1 is 1.64 bits per heavy atom. The predicted octanol–water partition coefficient (Wildman–Crippen LogP) is 2.03. The molecule has 14 heavy (non-hydrogen) atoms. The number of halogens is 1. The third kappa shape index (κ3) is 2.15. The zero-order chi connectivity index (χ0) is 9.97. The monoisotopic (exact) mass is 259 g/mol. The average molecular weight is 260 g/mol. The number of aromatic nitrogens is 2. The van der Waals surface area contributed by atoms with E-state index in [0.717, 1.165) is 25.4 Å². The summed E-state index contributed by atoms with van der Waals surface area (Å²) in [5.41, 5.74) is 0. The van der Waals surface area contributed by atoms with Crippen molar-refractivity contribution in [1.82, 2.24) is 15.0 Å². The summed E-state index contributed by atoms with van der Waals surface area (Å²) in [5.74, 6) is 1.19. The summed E-state index contributed by atoms with van der Waals surface area (Å²) < 4.78 is 5.72. The van der Waals surface area contributed by atoms with E-state index in [0.29, 0.717) is 10.7 Å². The zero-order valence-electron chi connectivity index (χ0n) is 8.24. The highest BCUT2D eigenvalue weighted by Gasteiger charge is 2.24. The van der Waals surface area contributed by atoms with E-state index in [1.54, 1.807) is 0 Å². The summed E-state index contributed by atoms with van der Waals surface area (Å²) >= 11 is 3.20. The van der Waals surface area contributed by atoms with Crippen LogP contribution in [0, 0.1) is 0 Å². The summed E-state index contributed by atoms with van der Waals surface area (Å²) in [6, 6.07) is 0. The lowest BCUT2D eigenvalue weighted by molar-refractivity contribution is 0.195. The number of piperidine rings is 1. The average Bonchev–Trinajstić information content (AvgIpc) is 2.65. The Morgan fingerprint density at radius 3 is 3.14 bits per heavy atom. The SMILES string of the molecule is CCN1CCCC(c2nc(Br)no2)C1. The summed E-state index contributed by atoms with van der Waals surface area (Å²) in [6.45, 7) is 5.53. The maximum absolute atomic E-state index is 5.16. The molecule has 0 amide bonds. The largest absolute Gasteiger partial charge is 0.338 e. The first-order valence-corrected chi connectivity index (χ1v) is 5.80. The molecular formula is C9H14BrN3O. The molecule has 1 atom stereocenters. The van der Waals surface area contributed by atoms with Gasteiger partial charge in [-0.15, -0.1) is 0 Å². The highest BCUT2D eigenvalue weighted by atomic mass is 79.9. The highest BCUT2D eigenvalue weighted by Crippen LogP contribution is 2.25. The molecule has 78 valence electrons. The van der Waals surface area contributed by atoms with Crippen molar-refractivity contribution in [3.8, 4) is 0 Å². The molecule has 0 radical (unpaired) electrons. The van der Waals surface area contributed by atoms with Crippen molar-refractivity contribution in [2.75, 3.05) is 19.6 Å². The highest BCUT2D eigenvalue weighted by molar-refractivity contribution is 9.10. The lowest BCUT2D eigenvalue weighted by Gasteiger charge is -2.29. The van der Waals surface area contributed by atoms with Gasteiger partial charge in [0.05, 0.1) is 5.92 Å². The molecule has 0 bridgehead atoms. The molecule has 0 saturated carbocycles. The van der Waals surface area contributed by atoms with Crippen LogP contribution in [0.15, 0.2) is 9.26 Å². The number of hydrogen-bond donors (Lipinski definition) is 0. The molecule has 1 unspecified atom stereocenters. The maximum atomic E-state index is 5.16. The van der Waals surface area contributed by atoms with Crippen molar-refractivity contribution in [2.45, 2.75) is 25.7 Å². The van der Waals surface area contributed by atoms with Crippen LogP contribution in [0.25, 0.3) is 0 Å². The molecule has 2 rings (SSSR count). The van der Waals surface area contributed by atoms with E-state index < -0.39 is 0 Å². The minimum Gasteiger partial charge on any atom is -0.338 e. The van der Waals surface area contributed by atoms with E-state index in [1.807, 2.05) is 0 Å². The second kappa shape index (κ2) is 4.40. The molecule has 0 aliphatic carbocycles. The van der Waals surface area contributed by atoms with Crippen molar-refractivity contribution < 1.29 is 4.52 Å². The van der Waals surface area contributed by atoms with Crippen LogP contribution in [0.3, 0.4) is 0 Å². The number of nitrogens with zero attached hydrogens (tertiary/aromatic N) is 3. The van der Waals surface area contributed by atoms with E-state index in [9.17, 15) is 0 Å². The molecule has 0 aromatic carbocycles. The molecule has 1 fully saturated rings. The van der Waals surface area contributed by atoms with Crippen LogP contribution < -0.4 is 0 Å². The normalized spacial score (nSPS) is 24.0. The van der Waals surface area contributed by atoms with Crippen molar-refractivity contribution >= 4 is 15.9 Å². The van der Waals surface area contributed by atoms with Gasteiger partial charge in [0.25, 0.3) is 0 Å². The Bertz CT molecular complexity index is 302.